The third-order valence-electron chi connectivity index (χ3n) is 4.62. The van der Waals surface area contributed by atoms with Crippen LogP contribution in [0.4, 0.5) is 0 Å². The molecule has 2 heterocycles. The third kappa shape index (κ3) is 3.74. The molecule has 2 atom stereocenters. The molecule has 1 aromatic rings. The van der Waals surface area contributed by atoms with E-state index in [0.29, 0.717) is 24.1 Å². The maximum atomic E-state index is 12.3. The van der Waals surface area contributed by atoms with Gasteiger partial charge in [-0.25, -0.2) is 4.98 Å². The summed E-state index contributed by atoms with van der Waals surface area (Å²) in [6.45, 7) is 5.33. The van der Waals surface area contributed by atoms with Gasteiger partial charge in [0.1, 0.15) is 0 Å². The molecule has 0 spiro atoms. The number of carbonyl (C=O) groups is 2. The van der Waals surface area contributed by atoms with E-state index in [9.17, 15) is 9.59 Å². The van der Waals surface area contributed by atoms with Crippen LogP contribution in [0.3, 0.4) is 0 Å². The Kier molecular flexibility index (Phi) is 5.34. The second-order valence-electron chi connectivity index (χ2n) is 6.42. The second-order valence-corrected chi connectivity index (χ2v) is 6.42. The van der Waals surface area contributed by atoms with Gasteiger partial charge in [0, 0.05) is 39.0 Å². The first-order chi connectivity index (χ1) is 10.4. The van der Waals surface area contributed by atoms with Crippen molar-refractivity contribution < 1.29 is 9.59 Å². The first-order valence-corrected chi connectivity index (χ1v) is 7.95. The zero-order valence-electron chi connectivity index (χ0n) is 13.7. The van der Waals surface area contributed by atoms with Crippen LogP contribution < -0.4 is 5.73 Å². The number of nitrogens with zero attached hydrogens (tertiary/aromatic N) is 3. The number of Topliss-reactive ketones (excluding diaryl/α,β-unsaturated/α-hetero) is 1. The van der Waals surface area contributed by atoms with Crippen LogP contribution in [0.5, 0.6) is 0 Å². The van der Waals surface area contributed by atoms with E-state index in [1.165, 1.54) is 0 Å². The van der Waals surface area contributed by atoms with Crippen molar-refractivity contribution in [1.29, 1.82) is 0 Å². The van der Waals surface area contributed by atoms with Crippen LogP contribution in [-0.2, 0) is 11.8 Å². The van der Waals surface area contributed by atoms with Crippen LogP contribution in [0.1, 0.15) is 43.7 Å². The molecule has 6 nitrogen and oxygen atoms in total. The summed E-state index contributed by atoms with van der Waals surface area (Å²) in [4.78, 5) is 30.1. The van der Waals surface area contributed by atoms with E-state index in [1.807, 2.05) is 11.9 Å². The Morgan fingerprint density at radius 1 is 1.36 bits per heavy atom. The zero-order chi connectivity index (χ0) is 16.3. The van der Waals surface area contributed by atoms with Gasteiger partial charge in [0.05, 0.1) is 6.04 Å². The number of carbonyl (C=O) groups excluding carboxylic acids is 2. The summed E-state index contributed by atoms with van der Waals surface area (Å²) in [5.41, 5.74) is 5.65. The molecule has 0 saturated carbocycles. The van der Waals surface area contributed by atoms with Crippen molar-refractivity contribution in [2.75, 3.05) is 13.1 Å². The van der Waals surface area contributed by atoms with E-state index in [1.54, 1.807) is 23.9 Å². The molecule has 1 saturated heterocycles. The van der Waals surface area contributed by atoms with E-state index in [-0.39, 0.29) is 11.7 Å². The minimum Gasteiger partial charge on any atom is -0.341 e. The van der Waals surface area contributed by atoms with Crippen molar-refractivity contribution in [3.8, 4) is 0 Å². The molecule has 0 aliphatic carbocycles. The number of nitrogens with two attached hydrogens (primary N) is 1. The van der Waals surface area contributed by atoms with Gasteiger partial charge in [-0.3, -0.25) is 9.59 Å². The number of imidazole rings is 1. The number of aromatic nitrogens is 2. The van der Waals surface area contributed by atoms with Gasteiger partial charge in [-0.05, 0) is 31.6 Å². The molecule has 22 heavy (non-hydrogen) atoms. The van der Waals surface area contributed by atoms with Crippen molar-refractivity contribution in [3.63, 3.8) is 0 Å². The molecule has 1 aliphatic heterocycles. The smallest absolute Gasteiger partial charge is 0.239 e. The normalized spacial score (nSPS) is 19.0. The maximum absolute atomic E-state index is 12.3. The molecule has 0 radical (unpaired) electrons. The molecular formula is C16H26N4O2. The molecule has 1 fully saturated rings. The lowest BCUT2D eigenvalue weighted by Gasteiger charge is -2.35. The standard InChI is InChI=1S/C16H26N4O2/c1-11(10-14(21)15-18-6-9-19(15)3)13-4-7-20(8-5-13)16(22)12(2)17/h6,9,11-13H,4-5,7-8,10,17H2,1-3H3/t11?,12-/m0/s1. The van der Waals surface area contributed by atoms with Gasteiger partial charge in [0.2, 0.25) is 5.91 Å². The minimum atomic E-state index is -0.432. The molecule has 1 unspecified atom stereocenters. The number of rotatable bonds is 5. The second kappa shape index (κ2) is 7.05. The van der Waals surface area contributed by atoms with Crippen molar-refractivity contribution in [2.24, 2.45) is 24.6 Å². The Balaban J connectivity index is 1.85. The van der Waals surface area contributed by atoms with Gasteiger partial charge in [-0.2, -0.15) is 0 Å². The van der Waals surface area contributed by atoms with E-state index < -0.39 is 6.04 Å². The molecule has 1 aliphatic rings. The number of piperidine rings is 1. The summed E-state index contributed by atoms with van der Waals surface area (Å²) in [5.74, 6) is 1.42. The number of hydrogen-bond acceptors (Lipinski definition) is 4. The predicted octanol–water partition coefficient (Wildman–Crippen LogP) is 1.21. The lowest BCUT2D eigenvalue weighted by Crippen LogP contribution is -2.46. The first kappa shape index (κ1) is 16.7. The summed E-state index contributed by atoms with van der Waals surface area (Å²) in [5, 5.41) is 0. The van der Waals surface area contributed by atoms with Gasteiger partial charge < -0.3 is 15.2 Å². The average molecular weight is 306 g/mol. The van der Waals surface area contributed by atoms with Gasteiger partial charge in [-0.15, -0.1) is 0 Å². The van der Waals surface area contributed by atoms with E-state index in [4.69, 9.17) is 5.73 Å². The first-order valence-electron chi connectivity index (χ1n) is 7.95. The highest BCUT2D eigenvalue weighted by molar-refractivity contribution is 5.92. The van der Waals surface area contributed by atoms with Crippen molar-refractivity contribution in [2.45, 2.75) is 39.2 Å². The molecular weight excluding hydrogens is 280 g/mol. The molecule has 0 bridgehead atoms. The van der Waals surface area contributed by atoms with Crippen molar-refractivity contribution >= 4 is 11.7 Å². The van der Waals surface area contributed by atoms with E-state index in [0.717, 1.165) is 25.9 Å². The van der Waals surface area contributed by atoms with Gasteiger partial charge >= 0.3 is 0 Å². The largest absolute Gasteiger partial charge is 0.341 e. The average Bonchev–Trinajstić information content (AvgIpc) is 2.92. The Morgan fingerprint density at radius 3 is 2.50 bits per heavy atom. The fourth-order valence-corrected chi connectivity index (χ4v) is 3.16. The maximum Gasteiger partial charge on any atom is 0.239 e. The van der Waals surface area contributed by atoms with Crippen LogP contribution in [0, 0.1) is 11.8 Å². The SMILES string of the molecule is CC(CC(=O)c1nccn1C)C1CCN(C(=O)[C@H](C)N)CC1. The highest BCUT2D eigenvalue weighted by Crippen LogP contribution is 2.28. The summed E-state index contributed by atoms with van der Waals surface area (Å²) >= 11 is 0. The zero-order valence-corrected chi connectivity index (χ0v) is 13.7. The van der Waals surface area contributed by atoms with Crippen molar-refractivity contribution in [3.05, 3.63) is 18.2 Å². The lowest BCUT2D eigenvalue weighted by atomic mass is 9.82. The minimum absolute atomic E-state index is 0.0233. The molecule has 6 heteroatoms. The number of amides is 1. The molecule has 2 rings (SSSR count). The Labute approximate surface area is 131 Å². The molecule has 1 aromatic heterocycles. The third-order valence-corrected chi connectivity index (χ3v) is 4.62. The molecule has 2 N–H and O–H groups in total. The lowest BCUT2D eigenvalue weighted by molar-refractivity contribution is -0.133. The monoisotopic (exact) mass is 306 g/mol. The summed E-state index contributed by atoms with van der Waals surface area (Å²) in [6.07, 6.45) is 5.82. The number of likely N-dealkylation sites (tertiary alicyclic amines) is 1. The highest BCUT2D eigenvalue weighted by Gasteiger charge is 2.29. The summed E-state index contributed by atoms with van der Waals surface area (Å²) < 4.78 is 1.76. The van der Waals surface area contributed by atoms with Crippen LogP contribution in [0.15, 0.2) is 12.4 Å². The molecule has 0 aromatic carbocycles. The van der Waals surface area contributed by atoms with Crippen LogP contribution in [-0.4, -0.2) is 45.3 Å². The Bertz CT molecular complexity index is 530. The Hall–Kier alpha value is -1.69. The van der Waals surface area contributed by atoms with Gasteiger partial charge in [-0.1, -0.05) is 6.92 Å². The fourth-order valence-electron chi connectivity index (χ4n) is 3.16. The quantitative estimate of drug-likeness (QED) is 0.829. The van der Waals surface area contributed by atoms with Crippen LogP contribution in [0.2, 0.25) is 0 Å². The van der Waals surface area contributed by atoms with Crippen LogP contribution in [0.25, 0.3) is 0 Å². The molecule has 122 valence electrons. The number of aryl methyl sites for hydroxylation is 1. The highest BCUT2D eigenvalue weighted by atomic mass is 16.2. The van der Waals surface area contributed by atoms with Crippen LogP contribution >= 0.6 is 0 Å². The van der Waals surface area contributed by atoms with E-state index in [2.05, 4.69) is 11.9 Å². The number of ketones is 1. The van der Waals surface area contributed by atoms with Gasteiger partial charge in [0.25, 0.3) is 0 Å². The van der Waals surface area contributed by atoms with Gasteiger partial charge in [0.15, 0.2) is 11.6 Å². The van der Waals surface area contributed by atoms with Crippen molar-refractivity contribution in [1.82, 2.24) is 14.5 Å². The van der Waals surface area contributed by atoms with E-state index >= 15 is 0 Å². The fraction of sp³-hybridized carbons (Fsp3) is 0.688. The number of hydrogen-bond donors (Lipinski definition) is 1. The Morgan fingerprint density at radius 2 is 2.00 bits per heavy atom. The molecule has 1 amide bonds. The predicted molar refractivity (Wildman–Crippen MR) is 84.3 cm³/mol. The summed E-state index contributed by atoms with van der Waals surface area (Å²) in [6, 6.07) is -0.432. The summed E-state index contributed by atoms with van der Waals surface area (Å²) in [7, 11) is 1.84. The topological polar surface area (TPSA) is 81.2 Å².